The monoisotopic (exact) mass is 309 g/mol. The molecule has 1 aromatic carbocycles. The average Bonchev–Trinajstić information content (AvgIpc) is 2.64. The highest BCUT2D eigenvalue weighted by atomic mass is 19.3. The largest absolute Gasteiger partial charge is 0.450 e. The Balaban J connectivity index is 1.89. The molecule has 0 bridgehead atoms. The van der Waals surface area contributed by atoms with E-state index >= 15 is 0 Å². The summed E-state index contributed by atoms with van der Waals surface area (Å²) in [6, 6.07) is 3.79. The van der Waals surface area contributed by atoms with E-state index in [0.717, 1.165) is 22.3 Å². The van der Waals surface area contributed by atoms with E-state index in [-0.39, 0.29) is 12.5 Å². The lowest BCUT2D eigenvalue weighted by atomic mass is 9.90. The van der Waals surface area contributed by atoms with Gasteiger partial charge in [-0.3, -0.25) is 0 Å². The normalized spacial score (nSPS) is 22.7. The average molecular weight is 309 g/mol. The molecule has 3 nitrogen and oxygen atoms in total. The van der Waals surface area contributed by atoms with Crippen molar-refractivity contribution in [1.29, 1.82) is 0 Å². The summed E-state index contributed by atoms with van der Waals surface area (Å²) >= 11 is 0. The fraction of sp³-hybridized carbons (Fsp3) is 0.588. The summed E-state index contributed by atoms with van der Waals surface area (Å²) in [5, 5.41) is 0. The first-order valence-electron chi connectivity index (χ1n) is 7.87. The quantitative estimate of drug-likeness (QED) is 0.794. The Bertz CT molecular complexity index is 601. The van der Waals surface area contributed by atoms with Gasteiger partial charge in [-0.15, -0.1) is 0 Å². The maximum atomic E-state index is 14.0. The molecule has 1 unspecified atom stereocenters. The van der Waals surface area contributed by atoms with Gasteiger partial charge in [-0.25, -0.2) is 13.6 Å². The SMILES string of the molecule is CCOC(=O)N1CCc2ccc3c(c2CC1)C(C)C(F)(F)C3. The molecule has 120 valence electrons. The van der Waals surface area contributed by atoms with E-state index in [0.29, 0.717) is 32.5 Å². The van der Waals surface area contributed by atoms with Gasteiger partial charge in [0.25, 0.3) is 5.92 Å². The van der Waals surface area contributed by atoms with Crippen LogP contribution in [0.2, 0.25) is 0 Å². The predicted octanol–water partition coefficient (Wildman–Crippen LogP) is 3.54. The highest BCUT2D eigenvalue weighted by Gasteiger charge is 2.46. The van der Waals surface area contributed by atoms with E-state index in [1.54, 1.807) is 18.7 Å². The fourth-order valence-electron chi connectivity index (χ4n) is 3.61. The van der Waals surface area contributed by atoms with Crippen molar-refractivity contribution < 1.29 is 18.3 Å². The van der Waals surface area contributed by atoms with Crippen LogP contribution in [0.4, 0.5) is 13.6 Å². The van der Waals surface area contributed by atoms with Crippen molar-refractivity contribution >= 4 is 6.09 Å². The lowest BCUT2D eigenvalue weighted by Gasteiger charge is -2.19. The van der Waals surface area contributed by atoms with Crippen molar-refractivity contribution in [1.82, 2.24) is 4.90 Å². The van der Waals surface area contributed by atoms with Crippen molar-refractivity contribution in [3.8, 4) is 0 Å². The van der Waals surface area contributed by atoms with Gasteiger partial charge >= 0.3 is 6.09 Å². The van der Waals surface area contributed by atoms with Gasteiger partial charge in [0, 0.05) is 25.4 Å². The van der Waals surface area contributed by atoms with Gasteiger partial charge in [-0.2, -0.15) is 0 Å². The van der Waals surface area contributed by atoms with Crippen LogP contribution >= 0.6 is 0 Å². The van der Waals surface area contributed by atoms with Gasteiger partial charge in [0.2, 0.25) is 0 Å². The second-order valence-corrected chi connectivity index (χ2v) is 6.12. The third-order valence-electron chi connectivity index (χ3n) is 4.85. The smallest absolute Gasteiger partial charge is 0.409 e. The number of hydrogen-bond donors (Lipinski definition) is 0. The van der Waals surface area contributed by atoms with Crippen molar-refractivity contribution in [2.45, 2.75) is 45.0 Å². The highest BCUT2D eigenvalue weighted by Crippen LogP contribution is 2.47. The summed E-state index contributed by atoms with van der Waals surface area (Å²) in [4.78, 5) is 13.6. The zero-order valence-corrected chi connectivity index (χ0v) is 13.0. The predicted molar refractivity (Wildman–Crippen MR) is 79.5 cm³/mol. The molecule has 1 atom stereocenters. The van der Waals surface area contributed by atoms with E-state index in [2.05, 4.69) is 0 Å². The van der Waals surface area contributed by atoms with Crippen LogP contribution in [-0.2, 0) is 24.0 Å². The molecule has 0 aromatic heterocycles. The Morgan fingerprint density at radius 3 is 2.73 bits per heavy atom. The lowest BCUT2D eigenvalue weighted by Crippen LogP contribution is -2.33. The van der Waals surface area contributed by atoms with E-state index < -0.39 is 11.8 Å². The first-order valence-corrected chi connectivity index (χ1v) is 7.87. The molecular formula is C17H21F2NO2. The number of carbonyl (C=O) groups is 1. The molecule has 2 aliphatic rings. The molecular weight excluding hydrogens is 288 g/mol. The molecule has 1 heterocycles. The van der Waals surface area contributed by atoms with Crippen LogP contribution in [0.3, 0.4) is 0 Å². The standard InChI is InChI=1S/C17H21F2NO2/c1-3-22-16(21)20-8-6-12-4-5-13-10-17(18,19)11(2)15(13)14(12)7-9-20/h4-5,11H,3,6-10H2,1-2H3. The van der Waals surface area contributed by atoms with Crippen LogP contribution in [0.1, 0.15) is 42.0 Å². The zero-order chi connectivity index (χ0) is 15.9. The first-order chi connectivity index (χ1) is 10.4. The number of amides is 1. The lowest BCUT2D eigenvalue weighted by molar-refractivity contribution is -0.00997. The molecule has 1 aromatic rings. The molecule has 1 amide bonds. The maximum Gasteiger partial charge on any atom is 0.409 e. The highest BCUT2D eigenvalue weighted by molar-refractivity contribution is 5.68. The molecule has 0 spiro atoms. The van der Waals surface area contributed by atoms with Crippen LogP contribution in [0.15, 0.2) is 12.1 Å². The Labute approximate surface area is 129 Å². The Kier molecular flexibility index (Phi) is 3.83. The number of benzene rings is 1. The van der Waals surface area contributed by atoms with Crippen molar-refractivity contribution in [2.75, 3.05) is 19.7 Å². The van der Waals surface area contributed by atoms with Crippen molar-refractivity contribution in [3.63, 3.8) is 0 Å². The van der Waals surface area contributed by atoms with Crippen molar-refractivity contribution in [2.24, 2.45) is 0 Å². The van der Waals surface area contributed by atoms with E-state index in [1.807, 2.05) is 12.1 Å². The second-order valence-electron chi connectivity index (χ2n) is 6.12. The van der Waals surface area contributed by atoms with Crippen LogP contribution in [0, 0.1) is 0 Å². The Hall–Kier alpha value is -1.65. The summed E-state index contributed by atoms with van der Waals surface area (Å²) in [6.07, 6.45) is 0.834. The van der Waals surface area contributed by atoms with Gasteiger partial charge in [-0.05, 0) is 42.0 Å². The first kappa shape index (κ1) is 15.3. The van der Waals surface area contributed by atoms with Gasteiger partial charge in [0.05, 0.1) is 6.61 Å². The van der Waals surface area contributed by atoms with Gasteiger partial charge in [0.15, 0.2) is 0 Å². The minimum atomic E-state index is -2.66. The van der Waals surface area contributed by atoms with Crippen LogP contribution in [0.25, 0.3) is 0 Å². The van der Waals surface area contributed by atoms with E-state index in [1.165, 1.54) is 0 Å². The van der Waals surface area contributed by atoms with Crippen LogP contribution in [-0.4, -0.2) is 36.6 Å². The Morgan fingerprint density at radius 2 is 2.00 bits per heavy atom. The summed E-state index contributed by atoms with van der Waals surface area (Å²) in [6.45, 7) is 4.85. The molecule has 5 heteroatoms. The number of ether oxygens (including phenoxy) is 1. The van der Waals surface area contributed by atoms with E-state index in [4.69, 9.17) is 4.74 Å². The second kappa shape index (κ2) is 5.52. The third-order valence-corrected chi connectivity index (χ3v) is 4.85. The van der Waals surface area contributed by atoms with Gasteiger partial charge < -0.3 is 9.64 Å². The molecule has 0 N–H and O–H groups in total. The number of fused-ring (bicyclic) bond motifs is 3. The molecule has 0 fully saturated rings. The molecule has 3 rings (SSSR count). The molecule has 0 saturated heterocycles. The Morgan fingerprint density at radius 1 is 1.32 bits per heavy atom. The van der Waals surface area contributed by atoms with Gasteiger partial charge in [-0.1, -0.05) is 19.1 Å². The number of alkyl halides is 2. The molecule has 22 heavy (non-hydrogen) atoms. The van der Waals surface area contributed by atoms with Gasteiger partial charge in [0.1, 0.15) is 0 Å². The summed E-state index contributed by atoms with van der Waals surface area (Å²) < 4.78 is 33.1. The molecule has 0 radical (unpaired) electrons. The van der Waals surface area contributed by atoms with Crippen LogP contribution in [0.5, 0.6) is 0 Å². The molecule has 1 aliphatic carbocycles. The third kappa shape index (κ3) is 2.46. The fourth-order valence-corrected chi connectivity index (χ4v) is 3.61. The summed E-state index contributed by atoms with van der Waals surface area (Å²) in [5.41, 5.74) is 3.69. The number of nitrogens with zero attached hydrogens (tertiary/aromatic N) is 1. The van der Waals surface area contributed by atoms with Crippen LogP contribution < -0.4 is 0 Å². The molecule has 0 saturated carbocycles. The minimum Gasteiger partial charge on any atom is -0.450 e. The zero-order valence-electron chi connectivity index (χ0n) is 13.0. The number of hydrogen-bond acceptors (Lipinski definition) is 2. The summed E-state index contributed by atoms with van der Waals surface area (Å²) in [7, 11) is 0. The summed E-state index contributed by atoms with van der Waals surface area (Å²) in [5.74, 6) is -3.41. The van der Waals surface area contributed by atoms with E-state index in [9.17, 15) is 13.6 Å². The van der Waals surface area contributed by atoms with Crippen molar-refractivity contribution in [3.05, 3.63) is 34.4 Å². The minimum absolute atomic E-state index is 0.168. The number of halogens is 2. The topological polar surface area (TPSA) is 29.5 Å². The maximum absolute atomic E-state index is 14.0. The number of rotatable bonds is 1. The number of carbonyl (C=O) groups excluding carboxylic acids is 1. The molecule has 1 aliphatic heterocycles.